The molecule has 3 rings (SSSR count). The highest BCUT2D eigenvalue weighted by molar-refractivity contribution is 9.10. The lowest BCUT2D eigenvalue weighted by atomic mass is 10.1. The van der Waals surface area contributed by atoms with Crippen molar-refractivity contribution in [3.8, 4) is 5.75 Å². The van der Waals surface area contributed by atoms with Crippen LogP contribution in [-0.4, -0.2) is 12.1 Å². The van der Waals surface area contributed by atoms with E-state index >= 15 is 0 Å². The predicted molar refractivity (Wildman–Crippen MR) is 111 cm³/mol. The first-order valence-corrected chi connectivity index (χ1v) is 9.31. The molecule has 0 unspecified atom stereocenters. The Morgan fingerprint density at radius 3 is 2.33 bits per heavy atom. The predicted octanol–water partition coefficient (Wildman–Crippen LogP) is 4.72. The van der Waals surface area contributed by atoms with Crippen molar-refractivity contribution in [3.05, 3.63) is 100 Å². The second kappa shape index (κ2) is 9.69. The minimum Gasteiger partial charge on any atom is -0.489 e. The molecule has 3 aromatic carbocycles. The molecular formula is C22H19BrN2O2. The summed E-state index contributed by atoms with van der Waals surface area (Å²) in [5.74, 6) is 0.634. The monoisotopic (exact) mass is 422 g/mol. The van der Waals surface area contributed by atoms with E-state index < -0.39 is 0 Å². The van der Waals surface area contributed by atoms with Crippen molar-refractivity contribution in [2.75, 3.05) is 0 Å². The molecule has 0 aliphatic rings. The minimum atomic E-state index is -0.146. The summed E-state index contributed by atoms with van der Waals surface area (Å²) >= 11 is 3.42. The second-order valence-corrected chi connectivity index (χ2v) is 6.86. The fourth-order valence-corrected chi connectivity index (χ4v) is 2.66. The van der Waals surface area contributed by atoms with Gasteiger partial charge in [-0.25, -0.2) is 5.43 Å². The summed E-state index contributed by atoms with van der Waals surface area (Å²) in [6.45, 7) is 0.510. The van der Waals surface area contributed by atoms with Crippen LogP contribution >= 0.6 is 15.9 Å². The normalized spacial score (nSPS) is 10.7. The zero-order chi connectivity index (χ0) is 18.9. The smallest absolute Gasteiger partial charge is 0.244 e. The van der Waals surface area contributed by atoms with Crippen molar-refractivity contribution < 1.29 is 9.53 Å². The third-order valence-corrected chi connectivity index (χ3v) is 4.34. The number of nitrogens with one attached hydrogen (secondary N) is 1. The summed E-state index contributed by atoms with van der Waals surface area (Å²) in [4.78, 5) is 11.8. The van der Waals surface area contributed by atoms with Crippen molar-refractivity contribution in [2.45, 2.75) is 13.0 Å². The Morgan fingerprint density at radius 2 is 1.63 bits per heavy atom. The maximum Gasteiger partial charge on any atom is 0.244 e. The zero-order valence-corrected chi connectivity index (χ0v) is 16.2. The number of carbonyl (C=O) groups excluding carboxylic acids is 1. The van der Waals surface area contributed by atoms with Crippen LogP contribution in [0.15, 0.2) is 88.4 Å². The molecule has 0 heterocycles. The lowest BCUT2D eigenvalue weighted by molar-refractivity contribution is -0.120. The van der Waals surface area contributed by atoms with Gasteiger partial charge in [0.1, 0.15) is 12.4 Å². The number of hydrogen-bond acceptors (Lipinski definition) is 3. The van der Waals surface area contributed by atoms with Crippen molar-refractivity contribution >= 4 is 28.1 Å². The molecule has 27 heavy (non-hydrogen) atoms. The number of halogens is 1. The van der Waals surface area contributed by atoms with Gasteiger partial charge in [0.25, 0.3) is 0 Å². The van der Waals surface area contributed by atoms with E-state index in [9.17, 15) is 4.79 Å². The van der Waals surface area contributed by atoms with Gasteiger partial charge in [-0.3, -0.25) is 4.79 Å². The average Bonchev–Trinajstić information content (AvgIpc) is 2.69. The third kappa shape index (κ3) is 6.38. The molecule has 0 fully saturated rings. The largest absolute Gasteiger partial charge is 0.489 e. The van der Waals surface area contributed by atoms with Crippen LogP contribution in [0.1, 0.15) is 16.7 Å². The van der Waals surface area contributed by atoms with Crippen LogP contribution in [0.3, 0.4) is 0 Å². The molecule has 4 nitrogen and oxygen atoms in total. The SMILES string of the molecule is O=C(Cc1ccccc1)N/N=C/c1ccc(OCc2ccc(Br)cc2)cc1. The number of benzene rings is 3. The van der Waals surface area contributed by atoms with E-state index in [1.807, 2.05) is 78.9 Å². The van der Waals surface area contributed by atoms with Gasteiger partial charge in [-0.2, -0.15) is 5.10 Å². The van der Waals surface area contributed by atoms with Crippen LogP contribution in [0.5, 0.6) is 5.75 Å². The molecule has 3 aromatic rings. The first-order chi connectivity index (χ1) is 13.2. The molecular weight excluding hydrogens is 404 g/mol. The van der Waals surface area contributed by atoms with Gasteiger partial charge in [0, 0.05) is 4.47 Å². The molecule has 1 N–H and O–H groups in total. The van der Waals surface area contributed by atoms with Crippen molar-refractivity contribution in [1.29, 1.82) is 0 Å². The lowest BCUT2D eigenvalue weighted by Gasteiger charge is -2.06. The Kier molecular flexibility index (Phi) is 6.77. The van der Waals surface area contributed by atoms with Crippen molar-refractivity contribution in [1.82, 2.24) is 5.43 Å². The Morgan fingerprint density at radius 1 is 0.926 bits per heavy atom. The molecule has 0 bridgehead atoms. The van der Waals surface area contributed by atoms with E-state index in [1.165, 1.54) is 0 Å². The van der Waals surface area contributed by atoms with Gasteiger partial charge in [0.05, 0.1) is 12.6 Å². The Bertz CT molecular complexity index is 892. The van der Waals surface area contributed by atoms with E-state index in [4.69, 9.17) is 4.74 Å². The molecule has 0 saturated heterocycles. The van der Waals surface area contributed by atoms with Gasteiger partial charge < -0.3 is 4.74 Å². The topological polar surface area (TPSA) is 50.7 Å². The fourth-order valence-electron chi connectivity index (χ4n) is 2.40. The minimum absolute atomic E-state index is 0.146. The highest BCUT2D eigenvalue weighted by atomic mass is 79.9. The van der Waals surface area contributed by atoms with Crippen molar-refractivity contribution in [3.63, 3.8) is 0 Å². The Labute approximate surface area is 167 Å². The molecule has 0 aliphatic heterocycles. The quantitative estimate of drug-likeness (QED) is 0.442. The molecule has 0 aromatic heterocycles. The van der Waals surface area contributed by atoms with E-state index in [-0.39, 0.29) is 5.91 Å². The summed E-state index contributed by atoms with van der Waals surface area (Å²) in [6.07, 6.45) is 1.92. The number of rotatable bonds is 7. The summed E-state index contributed by atoms with van der Waals surface area (Å²) in [5, 5.41) is 4.00. The Hall–Kier alpha value is -2.92. The maximum absolute atomic E-state index is 11.8. The standard InChI is InChI=1S/C22H19BrN2O2/c23-20-10-6-19(7-11-20)16-27-21-12-8-18(9-13-21)15-24-25-22(26)14-17-4-2-1-3-5-17/h1-13,15H,14,16H2,(H,25,26)/b24-15+. The van der Waals surface area contributed by atoms with Gasteiger partial charge >= 0.3 is 0 Å². The average molecular weight is 423 g/mol. The van der Waals surface area contributed by atoms with Crippen LogP contribution in [0, 0.1) is 0 Å². The summed E-state index contributed by atoms with van der Waals surface area (Å²) in [6, 6.07) is 25.1. The van der Waals surface area contributed by atoms with Gasteiger partial charge in [0.2, 0.25) is 5.91 Å². The number of nitrogens with zero attached hydrogens (tertiary/aromatic N) is 1. The molecule has 0 atom stereocenters. The second-order valence-electron chi connectivity index (χ2n) is 5.94. The Balaban J connectivity index is 1.46. The van der Waals surface area contributed by atoms with Crippen molar-refractivity contribution in [2.24, 2.45) is 5.10 Å². The number of carbonyl (C=O) groups is 1. The third-order valence-electron chi connectivity index (χ3n) is 3.81. The van der Waals surface area contributed by atoms with Crippen LogP contribution in [-0.2, 0) is 17.8 Å². The van der Waals surface area contributed by atoms with Gasteiger partial charge in [0.15, 0.2) is 0 Å². The number of amides is 1. The highest BCUT2D eigenvalue weighted by Crippen LogP contribution is 2.15. The number of hydrogen-bond donors (Lipinski definition) is 1. The van der Waals surface area contributed by atoms with E-state index in [0.717, 1.165) is 26.9 Å². The molecule has 5 heteroatoms. The molecule has 0 aliphatic carbocycles. The molecule has 136 valence electrons. The highest BCUT2D eigenvalue weighted by Gasteiger charge is 2.01. The van der Waals surface area contributed by atoms with E-state index in [2.05, 4.69) is 26.5 Å². The lowest BCUT2D eigenvalue weighted by Crippen LogP contribution is -2.19. The molecule has 1 amide bonds. The fraction of sp³-hybridized carbons (Fsp3) is 0.0909. The first kappa shape index (κ1) is 18.9. The van der Waals surface area contributed by atoms with Crippen LogP contribution in [0.4, 0.5) is 0 Å². The van der Waals surface area contributed by atoms with Crippen LogP contribution < -0.4 is 10.2 Å². The molecule has 0 spiro atoms. The summed E-state index contributed by atoms with van der Waals surface area (Å²) in [5.41, 5.74) is 5.48. The summed E-state index contributed by atoms with van der Waals surface area (Å²) < 4.78 is 6.81. The van der Waals surface area contributed by atoms with Crippen LogP contribution in [0.25, 0.3) is 0 Å². The maximum atomic E-state index is 11.8. The van der Waals surface area contributed by atoms with E-state index in [0.29, 0.717) is 13.0 Å². The number of ether oxygens (including phenoxy) is 1. The summed E-state index contributed by atoms with van der Waals surface area (Å²) in [7, 11) is 0. The van der Waals surface area contributed by atoms with E-state index in [1.54, 1.807) is 6.21 Å². The number of hydrazone groups is 1. The van der Waals surface area contributed by atoms with Gasteiger partial charge in [-0.1, -0.05) is 58.4 Å². The first-order valence-electron chi connectivity index (χ1n) is 8.52. The van der Waals surface area contributed by atoms with Crippen LogP contribution in [0.2, 0.25) is 0 Å². The zero-order valence-electron chi connectivity index (χ0n) is 14.6. The molecule has 0 saturated carbocycles. The van der Waals surface area contributed by atoms with Gasteiger partial charge in [-0.05, 0) is 53.1 Å². The van der Waals surface area contributed by atoms with Gasteiger partial charge in [-0.15, -0.1) is 0 Å². The molecule has 0 radical (unpaired) electrons.